The third kappa shape index (κ3) is 5.95. The number of nitrogens with one attached hydrogen (secondary N) is 1. The second kappa shape index (κ2) is 11.1. The molecule has 2 aliphatic heterocycles. The Morgan fingerprint density at radius 1 is 1.09 bits per heavy atom. The number of halogens is 1. The number of nitrogens with zero attached hydrogens (tertiary/aromatic N) is 3. The summed E-state index contributed by atoms with van der Waals surface area (Å²) >= 11 is 5.90. The largest absolute Gasteiger partial charge is 0.379 e. The summed E-state index contributed by atoms with van der Waals surface area (Å²) in [5, 5.41) is 3.52. The van der Waals surface area contributed by atoms with E-state index in [4.69, 9.17) is 21.3 Å². The minimum atomic E-state index is -3.58. The van der Waals surface area contributed by atoms with Crippen LogP contribution in [0.25, 0.3) is 0 Å². The molecule has 1 aromatic heterocycles. The van der Waals surface area contributed by atoms with E-state index in [1.165, 1.54) is 16.4 Å². The molecular weight excluding hydrogens is 476 g/mol. The molecule has 0 aliphatic carbocycles. The van der Waals surface area contributed by atoms with E-state index in [0.29, 0.717) is 43.1 Å². The third-order valence-electron chi connectivity index (χ3n) is 6.42. The predicted molar refractivity (Wildman–Crippen MR) is 131 cm³/mol. The summed E-state index contributed by atoms with van der Waals surface area (Å²) in [6.07, 6.45) is 1.22. The summed E-state index contributed by atoms with van der Waals surface area (Å²) in [6, 6.07) is 9.92. The second-order valence-electron chi connectivity index (χ2n) is 8.73. The van der Waals surface area contributed by atoms with Crippen molar-refractivity contribution < 1.29 is 17.9 Å². The first-order chi connectivity index (χ1) is 16.3. The fourth-order valence-electron chi connectivity index (χ4n) is 4.45. The van der Waals surface area contributed by atoms with Gasteiger partial charge in [-0.05, 0) is 56.2 Å². The van der Waals surface area contributed by atoms with Crippen LogP contribution >= 0.6 is 11.6 Å². The van der Waals surface area contributed by atoms with Gasteiger partial charge < -0.3 is 10.1 Å². The van der Waals surface area contributed by atoms with Crippen molar-refractivity contribution >= 4 is 27.5 Å². The number of ether oxygens (including phenoxy) is 1. The number of morpholine rings is 1. The summed E-state index contributed by atoms with van der Waals surface area (Å²) in [6.45, 7) is 7.22. The maximum Gasteiger partial charge on any atom is 0.253 e. The lowest BCUT2D eigenvalue weighted by atomic mass is 9.90. The van der Waals surface area contributed by atoms with E-state index in [1.807, 2.05) is 19.1 Å². The van der Waals surface area contributed by atoms with Gasteiger partial charge in [-0.15, -0.1) is 0 Å². The first-order valence-corrected chi connectivity index (χ1v) is 13.5. The third-order valence-corrected chi connectivity index (χ3v) is 8.58. The SMILES string of the molecule is Cc1ccc(C(=O)NCCN2CCOCC2)c(C2CCN(S(=O)(=O)c3ccc(Cl)cc3)CC2)n1. The van der Waals surface area contributed by atoms with Gasteiger partial charge in [-0.3, -0.25) is 14.7 Å². The van der Waals surface area contributed by atoms with Crippen LogP contribution in [0.2, 0.25) is 5.02 Å². The zero-order valence-corrected chi connectivity index (χ0v) is 20.9. The minimum absolute atomic E-state index is 0.0246. The standard InChI is InChI=1S/C24H31ClN4O4S/c1-18-2-7-22(24(30)26-10-13-28-14-16-33-17-15-28)23(27-18)19-8-11-29(12-9-19)34(31,32)21-5-3-20(25)4-6-21/h2-7,19H,8-17H2,1H3,(H,26,30). The molecule has 2 aromatic rings. The molecule has 1 N–H and O–H groups in total. The quantitative estimate of drug-likeness (QED) is 0.620. The average molecular weight is 507 g/mol. The van der Waals surface area contributed by atoms with Gasteiger partial charge in [0.05, 0.1) is 29.4 Å². The molecule has 4 rings (SSSR count). The molecule has 0 spiro atoms. The molecule has 2 saturated heterocycles. The molecule has 184 valence electrons. The van der Waals surface area contributed by atoms with Crippen LogP contribution < -0.4 is 5.32 Å². The first-order valence-electron chi connectivity index (χ1n) is 11.7. The molecule has 0 bridgehead atoms. The smallest absolute Gasteiger partial charge is 0.253 e. The van der Waals surface area contributed by atoms with Crippen LogP contribution in [-0.4, -0.2) is 81.0 Å². The normalized spacial score (nSPS) is 18.6. The Morgan fingerprint density at radius 2 is 1.76 bits per heavy atom. The highest BCUT2D eigenvalue weighted by Gasteiger charge is 2.32. The lowest BCUT2D eigenvalue weighted by Gasteiger charge is -2.31. The van der Waals surface area contributed by atoms with E-state index in [1.54, 1.807) is 12.1 Å². The van der Waals surface area contributed by atoms with E-state index in [2.05, 4.69) is 10.2 Å². The van der Waals surface area contributed by atoms with Crippen LogP contribution in [0.1, 0.15) is 40.5 Å². The molecule has 2 aliphatic rings. The Bertz CT molecular complexity index is 1100. The van der Waals surface area contributed by atoms with E-state index in [0.717, 1.165) is 44.2 Å². The lowest BCUT2D eigenvalue weighted by molar-refractivity contribution is 0.0383. The summed E-state index contributed by atoms with van der Waals surface area (Å²) in [7, 11) is -3.58. The van der Waals surface area contributed by atoms with E-state index in [-0.39, 0.29) is 16.7 Å². The van der Waals surface area contributed by atoms with Crippen molar-refractivity contribution in [3.05, 3.63) is 58.4 Å². The molecule has 0 saturated carbocycles. The van der Waals surface area contributed by atoms with Gasteiger partial charge in [0.2, 0.25) is 10.0 Å². The average Bonchev–Trinajstić information content (AvgIpc) is 2.85. The number of hydrogen-bond acceptors (Lipinski definition) is 6. The van der Waals surface area contributed by atoms with Crippen molar-refractivity contribution in [2.45, 2.75) is 30.6 Å². The summed E-state index contributed by atoms with van der Waals surface area (Å²) in [4.78, 5) is 20.2. The Balaban J connectivity index is 1.40. The van der Waals surface area contributed by atoms with Crippen LogP contribution in [0.3, 0.4) is 0 Å². The van der Waals surface area contributed by atoms with Crippen LogP contribution in [0, 0.1) is 6.92 Å². The number of sulfonamides is 1. The van der Waals surface area contributed by atoms with Gasteiger partial charge in [0.1, 0.15) is 0 Å². The van der Waals surface area contributed by atoms with Crippen molar-refractivity contribution in [1.29, 1.82) is 0 Å². The van der Waals surface area contributed by atoms with Gasteiger partial charge in [0, 0.05) is 55.9 Å². The van der Waals surface area contributed by atoms with Gasteiger partial charge in [0.25, 0.3) is 5.91 Å². The number of benzene rings is 1. The van der Waals surface area contributed by atoms with Crippen molar-refractivity contribution in [2.24, 2.45) is 0 Å². The minimum Gasteiger partial charge on any atom is -0.379 e. The number of aryl methyl sites for hydroxylation is 1. The zero-order valence-electron chi connectivity index (χ0n) is 19.4. The number of carbonyl (C=O) groups excluding carboxylic acids is 1. The molecule has 0 atom stereocenters. The Kier molecular flexibility index (Phi) is 8.21. The monoisotopic (exact) mass is 506 g/mol. The Hall–Kier alpha value is -2.04. The van der Waals surface area contributed by atoms with Gasteiger partial charge in [-0.2, -0.15) is 4.31 Å². The van der Waals surface area contributed by atoms with E-state index in [9.17, 15) is 13.2 Å². The number of piperidine rings is 1. The highest BCUT2D eigenvalue weighted by Crippen LogP contribution is 2.32. The fourth-order valence-corrected chi connectivity index (χ4v) is 6.05. The molecule has 10 heteroatoms. The highest BCUT2D eigenvalue weighted by atomic mass is 35.5. The van der Waals surface area contributed by atoms with Crippen LogP contribution in [0.15, 0.2) is 41.3 Å². The molecule has 1 aromatic carbocycles. The van der Waals surface area contributed by atoms with Crippen LogP contribution in [0.4, 0.5) is 0 Å². The Morgan fingerprint density at radius 3 is 2.44 bits per heavy atom. The number of pyridine rings is 1. The van der Waals surface area contributed by atoms with Crippen molar-refractivity contribution in [2.75, 3.05) is 52.5 Å². The molecule has 3 heterocycles. The summed E-state index contributed by atoms with van der Waals surface area (Å²) in [5.41, 5.74) is 2.18. The molecule has 2 fully saturated rings. The van der Waals surface area contributed by atoms with Crippen LogP contribution in [-0.2, 0) is 14.8 Å². The maximum atomic E-state index is 13.0. The predicted octanol–water partition coefficient (Wildman–Crippen LogP) is 2.67. The van der Waals surface area contributed by atoms with Gasteiger partial charge in [-0.25, -0.2) is 8.42 Å². The molecule has 1 amide bonds. The van der Waals surface area contributed by atoms with Gasteiger partial charge in [-0.1, -0.05) is 11.6 Å². The number of rotatable bonds is 7. The van der Waals surface area contributed by atoms with Crippen molar-refractivity contribution in [3.63, 3.8) is 0 Å². The van der Waals surface area contributed by atoms with Crippen molar-refractivity contribution in [1.82, 2.24) is 19.5 Å². The number of aromatic nitrogens is 1. The maximum absolute atomic E-state index is 13.0. The summed E-state index contributed by atoms with van der Waals surface area (Å²) in [5.74, 6) is -0.108. The van der Waals surface area contributed by atoms with Gasteiger partial charge in [0.15, 0.2) is 0 Å². The molecular formula is C24H31ClN4O4S. The molecule has 0 radical (unpaired) electrons. The lowest BCUT2D eigenvalue weighted by Crippen LogP contribution is -2.41. The zero-order chi connectivity index (χ0) is 24.1. The second-order valence-corrected chi connectivity index (χ2v) is 11.1. The van der Waals surface area contributed by atoms with Gasteiger partial charge >= 0.3 is 0 Å². The van der Waals surface area contributed by atoms with E-state index < -0.39 is 10.0 Å². The number of hydrogen-bond donors (Lipinski definition) is 1. The Labute approximate surface area is 206 Å². The summed E-state index contributed by atoms with van der Waals surface area (Å²) < 4.78 is 32.9. The molecule has 34 heavy (non-hydrogen) atoms. The number of carbonyl (C=O) groups is 1. The number of amides is 1. The highest BCUT2D eigenvalue weighted by molar-refractivity contribution is 7.89. The topological polar surface area (TPSA) is 91.8 Å². The van der Waals surface area contributed by atoms with Crippen molar-refractivity contribution in [3.8, 4) is 0 Å². The fraction of sp³-hybridized carbons (Fsp3) is 0.500. The first kappa shape index (κ1) is 25.1. The molecule has 8 nitrogen and oxygen atoms in total. The molecule has 0 unspecified atom stereocenters. The van der Waals surface area contributed by atoms with Crippen LogP contribution in [0.5, 0.6) is 0 Å². The van der Waals surface area contributed by atoms with E-state index >= 15 is 0 Å².